The summed E-state index contributed by atoms with van der Waals surface area (Å²) in [5, 5.41) is 10.5. The van der Waals surface area contributed by atoms with Gasteiger partial charge in [0, 0.05) is 4.88 Å². The van der Waals surface area contributed by atoms with Crippen molar-refractivity contribution in [2.45, 2.75) is 38.3 Å². The third-order valence-electron chi connectivity index (χ3n) is 5.22. The fourth-order valence-electron chi connectivity index (χ4n) is 3.93. The van der Waals surface area contributed by atoms with Crippen molar-refractivity contribution in [3.8, 4) is 5.69 Å². The SMILES string of the molecule is CCSc1nnc2n(-c3ccccc3)c(=O)c3c4c(sc3n12)C[C@H](C)CC4. The lowest BCUT2D eigenvalue weighted by Crippen LogP contribution is -2.22. The highest BCUT2D eigenvalue weighted by molar-refractivity contribution is 7.99. The van der Waals surface area contributed by atoms with Crippen LogP contribution in [0, 0.1) is 5.92 Å². The lowest BCUT2D eigenvalue weighted by atomic mass is 9.89. The van der Waals surface area contributed by atoms with Crippen LogP contribution in [0.3, 0.4) is 0 Å². The molecule has 1 aliphatic rings. The molecule has 0 N–H and O–H groups in total. The zero-order chi connectivity index (χ0) is 18.5. The van der Waals surface area contributed by atoms with Crippen molar-refractivity contribution in [2.24, 2.45) is 5.92 Å². The fraction of sp³-hybridized carbons (Fsp3) is 0.350. The van der Waals surface area contributed by atoms with E-state index in [4.69, 9.17) is 0 Å². The first-order valence-corrected chi connectivity index (χ1v) is 11.1. The maximum atomic E-state index is 13.6. The molecular formula is C20H20N4OS2. The van der Waals surface area contributed by atoms with Crippen LogP contribution in [-0.4, -0.2) is 24.9 Å². The number of nitrogens with zero attached hydrogens (tertiary/aromatic N) is 4. The molecule has 0 unspecified atom stereocenters. The lowest BCUT2D eigenvalue weighted by Gasteiger charge is -2.17. The summed E-state index contributed by atoms with van der Waals surface area (Å²) in [6.07, 6.45) is 3.17. The number of aromatic nitrogens is 4. The molecule has 0 fully saturated rings. The number of aryl methyl sites for hydroxylation is 1. The molecule has 4 aromatic rings. The monoisotopic (exact) mass is 396 g/mol. The van der Waals surface area contributed by atoms with Gasteiger partial charge in [0.15, 0.2) is 5.16 Å². The van der Waals surface area contributed by atoms with Crippen molar-refractivity contribution >= 4 is 39.1 Å². The summed E-state index contributed by atoms with van der Waals surface area (Å²) in [5.74, 6) is 2.18. The summed E-state index contributed by atoms with van der Waals surface area (Å²) < 4.78 is 3.81. The van der Waals surface area contributed by atoms with Crippen molar-refractivity contribution in [1.82, 2.24) is 19.2 Å². The van der Waals surface area contributed by atoms with Crippen LogP contribution in [0.2, 0.25) is 0 Å². The number of thiophene rings is 1. The first-order valence-electron chi connectivity index (χ1n) is 9.31. The van der Waals surface area contributed by atoms with E-state index in [0.717, 1.165) is 46.1 Å². The second-order valence-corrected chi connectivity index (χ2v) is 9.37. The molecule has 7 heteroatoms. The van der Waals surface area contributed by atoms with Gasteiger partial charge in [0.2, 0.25) is 5.78 Å². The number of benzene rings is 1. The Labute approximate surface area is 165 Å². The first-order chi connectivity index (χ1) is 13.2. The Hall–Kier alpha value is -2.12. The van der Waals surface area contributed by atoms with Crippen molar-refractivity contribution in [1.29, 1.82) is 0 Å². The van der Waals surface area contributed by atoms with Crippen LogP contribution in [0.25, 0.3) is 21.7 Å². The van der Waals surface area contributed by atoms with Gasteiger partial charge in [0.05, 0.1) is 11.1 Å². The average molecular weight is 397 g/mol. The van der Waals surface area contributed by atoms with Gasteiger partial charge in [-0.1, -0.05) is 43.8 Å². The molecule has 3 aromatic heterocycles. The van der Waals surface area contributed by atoms with Crippen molar-refractivity contribution in [3.05, 3.63) is 51.1 Å². The van der Waals surface area contributed by atoms with Crippen LogP contribution in [0.1, 0.15) is 30.7 Å². The standard InChI is InChI=1S/C20H20N4OS2/c1-3-26-20-22-21-19-23(13-7-5-4-6-8-13)17(25)16-14-10-9-12(2)11-15(14)27-18(16)24(19)20/h4-8,12H,3,9-11H2,1-2H3/t12-/m1/s1. The number of para-hydroxylation sites is 1. The van der Waals surface area contributed by atoms with Gasteiger partial charge < -0.3 is 0 Å². The largest absolute Gasteiger partial charge is 0.268 e. The minimum Gasteiger partial charge on any atom is -0.268 e. The summed E-state index contributed by atoms with van der Waals surface area (Å²) in [6, 6.07) is 9.77. The molecule has 1 aromatic carbocycles. The number of hydrogen-bond acceptors (Lipinski definition) is 5. The third-order valence-corrected chi connectivity index (χ3v) is 7.27. The molecule has 0 radical (unpaired) electrons. The van der Waals surface area contributed by atoms with Crippen LogP contribution in [0.15, 0.2) is 40.3 Å². The van der Waals surface area contributed by atoms with Gasteiger partial charge >= 0.3 is 0 Å². The second-order valence-electron chi connectivity index (χ2n) is 7.06. The minimum absolute atomic E-state index is 0.0243. The maximum absolute atomic E-state index is 13.6. The second kappa shape index (κ2) is 6.49. The van der Waals surface area contributed by atoms with Gasteiger partial charge in [-0.05, 0) is 48.6 Å². The van der Waals surface area contributed by atoms with E-state index in [1.165, 1.54) is 10.4 Å². The van der Waals surface area contributed by atoms with Gasteiger partial charge in [0.25, 0.3) is 5.56 Å². The number of thioether (sulfide) groups is 1. The number of fused-ring (bicyclic) bond motifs is 5. The Balaban J connectivity index is 1.95. The molecular weight excluding hydrogens is 376 g/mol. The van der Waals surface area contributed by atoms with Gasteiger partial charge in [-0.2, -0.15) is 0 Å². The number of rotatable bonds is 3. The quantitative estimate of drug-likeness (QED) is 0.484. The van der Waals surface area contributed by atoms with E-state index in [-0.39, 0.29) is 5.56 Å². The van der Waals surface area contributed by atoms with E-state index in [9.17, 15) is 4.79 Å². The van der Waals surface area contributed by atoms with E-state index in [2.05, 4.69) is 28.4 Å². The van der Waals surface area contributed by atoms with E-state index in [1.807, 2.05) is 30.3 Å². The molecule has 3 heterocycles. The molecule has 1 atom stereocenters. The van der Waals surface area contributed by atoms with Gasteiger partial charge in [-0.25, -0.2) is 8.97 Å². The molecule has 0 aliphatic heterocycles. The maximum Gasteiger partial charge on any atom is 0.268 e. The van der Waals surface area contributed by atoms with Crippen LogP contribution >= 0.6 is 23.1 Å². The number of hydrogen-bond donors (Lipinski definition) is 0. The van der Waals surface area contributed by atoms with Crippen LogP contribution < -0.4 is 5.56 Å². The smallest absolute Gasteiger partial charge is 0.268 e. The highest BCUT2D eigenvalue weighted by Crippen LogP contribution is 2.38. The predicted molar refractivity (Wildman–Crippen MR) is 112 cm³/mol. The van der Waals surface area contributed by atoms with Crippen LogP contribution in [0.5, 0.6) is 0 Å². The van der Waals surface area contributed by atoms with Gasteiger partial charge in [0.1, 0.15) is 4.83 Å². The summed E-state index contributed by atoms with van der Waals surface area (Å²) in [7, 11) is 0. The Kier molecular flexibility index (Phi) is 4.09. The molecule has 1 aliphatic carbocycles. The topological polar surface area (TPSA) is 52.2 Å². The molecule has 0 amide bonds. The van der Waals surface area contributed by atoms with Gasteiger partial charge in [-0.3, -0.25) is 4.79 Å². The molecule has 5 rings (SSSR count). The molecule has 0 spiro atoms. The Morgan fingerprint density at radius 2 is 2.07 bits per heavy atom. The summed E-state index contributed by atoms with van der Waals surface area (Å²) in [6.45, 7) is 4.40. The molecule has 138 valence electrons. The predicted octanol–water partition coefficient (Wildman–Crippen LogP) is 4.33. The molecule has 0 bridgehead atoms. The summed E-state index contributed by atoms with van der Waals surface area (Å²) in [4.78, 5) is 16.0. The van der Waals surface area contributed by atoms with E-state index >= 15 is 0 Å². The summed E-state index contributed by atoms with van der Waals surface area (Å²) >= 11 is 3.42. The highest BCUT2D eigenvalue weighted by atomic mass is 32.2. The molecule has 0 saturated heterocycles. The van der Waals surface area contributed by atoms with Crippen molar-refractivity contribution in [2.75, 3.05) is 5.75 Å². The Morgan fingerprint density at radius 1 is 1.26 bits per heavy atom. The average Bonchev–Trinajstić information content (AvgIpc) is 3.24. The van der Waals surface area contributed by atoms with Gasteiger partial charge in [-0.15, -0.1) is 21.5 Å². The molecule has 5 nitrogen and oxygen atoms in total. The van der Waals surface area contributed by atoms with E-state index in [0.29, 0.717) is 11.7 Å². The van der Waals surface area contributed by atoms with Crippen LogP contribution in [0.4, 0.5) is 0 Å². The van der Waals surface area contributed by atoms with Crippen molar-refractivity contribution in [3.63, 3.8) is 0 Å². The fourth-order valence-corrected chi connectivity index (χ4v) is 6.15. The zero-order valence-corrected chi connectivity index (χ0v) is 16.9. The van der Waals surface area contributed by atoms with Crippen LogP contribution in [-0.2, 0) is 12.8 Å². The third kappa shape index (κ3) is 2.56. The minimum atomic E-state index is 0.0243. The Morgan fingerprint density at radius 3 is 2.85 bits per heavy atom. The molecule has 27 heavy (non-hydrogen) atoms. The van der Waals surface area contributed by atoms with E-state index < -0.39 is 0 Å². The van der Waals surface area contributed by atoms with E-state index in [1.54, 1.807) is 27.7 Å². The Bertz CT molecular complexity index is 1210. The van der Waals surface area contributed by atoms with Crippen molar-refractivity contribution < 1.29 is 0 Å². The normalized spacial score (nSPS) is 16.9. The molecule has 0 saturated carbocycles. The lowest BCUT2D eigenvalue weighted by molar-refractivity contribution is 0.509. The first kappa shape index (κ1) is 17.0. The zero-order valence-electron chi connectivity index (χ0n) is 15.3. The highest BCUT2D eigenvalue weighted by Gasteiger charge is 2.27. The summed E-state index contributed by atoms with van der Waals surface area (Å²) in [5.41, 5.74) is 2.10.